The van der Waals surface area contributed by atoms with Crippen LogP contribution >= 0.6 is 0 Å². The number of benzene rings is 1. The predicted octanol–water partition coefficient (Wildman–Crippen LogP) is 1.15. The quantitative estimate of drug-likeness (QED) is 0.435. The maximum Gasteiger partial charge on any atom is 0.144 e. The second kappa shape index (κ2) is 6.50. The van der Waals surface area contributed by atoms with Crippen LogP contribution in [0.1, 0.15) is 30.0 Å². The third kappa shape index (κ3) is 3.15. The smallest absolute Gasteiger partial charge is 0.144 e. The summed E-state index contributed by atoms with van der Waals surface area (Å²) in [5, 5.41) is 18.2. The Hall–Kier alpha value is -1.92. The number of rotatable bonds is 4. The van der Waals surface area contributed by atoms with Crippen LogP contribution in [0.25, 0.3) is 0 Å². The average Bonchev–Trinajstić information content (AvgIpc) is 2.64. The molecule has 6 heteroatoms. The zero-order chi connectivity index (χ0) is 14.5. The van der Waals surface area contributed by atoms with Crippen LogP contribution in [0.4, 0.5) is 0 Å². The summed E-state index contributed by atoms with van der Waals surface area (Å²) in [4.78, 5) is 0. The van der Waals surface area contributed by atoms with Gasteiger partial charge in [0.05, 0.1) is 5.71 Å². The van der Waals surface area contributed by atoms with Gasteiger partial charge in [0, 0.05) is 24.1 Å². The van der Waals surface area contributed by atoms with E-state index in [2.05, 4.69) is 22.6 Å². The summed E-state index contributed by atoms with van der Waals surface area (Å²) in [6.45, 7) is 2.57. The number of nitrogens with zero attached hydrogens (tertiary/aromatic N) is 2. The zero-order valence-electron chi connectivity index (χ0n) is 11.4. The fourth-order valence-electron chi connectivity index (χ4n) is 2.16. The second-order valence-corrected chi connectivity index (χ2v) is 4.55. The van der Waals surface area contributed by atoms with Crippen LogP contribution in [0, 0.1) is 0 Å². The first-order valence-corrected chi connectivity index (χ1v) is 6.50. The molecule has 0 amide bonds. The molecule has 0 atom stereocenters. The molecule has 0 bridgehead atoms. The molecular formula is C14H17BN4O. The second-order valence-electron chi connectivity index (χ2n) is 4.55. The fraction of sp³-hybridized carbons (Fsp3) is 0.286. The van der Waals surface area contributed by atoms with Crippen LogP contribution in [-0.2, 0) is 13.0 Å². The summed E-state index contributed by atoms with van der Waals surface area (Å²) in [6.07, 6.45) is 5.01. The van der Waals surface area contributed by atoms with Crippen molar-refractivity contribution in [3.63, 3.8) is 0 Å². The first kappa shape index (κ1) is 14.5. The van der Waals surface area contributed by atoms with Crippen molar-refractivity contribution in [1.82, 2.24) is 5.43 Å². The Balaban J connectivity index is 2.44. The summed E-state index contributed by atoms with van der Waals surface area (Å²) in [6, 6.07) is 3.66. The molecule has 0 fully saturated rings. The maximum atomic E-state index is 10.2. The van der Waals surface area contributed by atoms with Crippen molar-refractivity contribution in [1.29, 1.82) is 0 Å². The molecule has 0 spiro atoms. The zero-order valence-corrected chi connectivity index (χ0v) is 11.4. The number of nitrogens with two attached hydrogens (primary N) is 1. The van der Waals surface area contributed by atoms with E-state index >= 15 is 0 Å². The largest absolute Gasteiger partial charge is 0.507 e. The number of hydrazine groups is 1. The SMILES string of the molecule is [B]C1=NN=C(c2cc(CC)c(CNN)cc2O)CC=C1. The Kier molecular flexibility index (Phi) is 4.71. The molecule has 1 heterocycles. The Morgan fingerprint density at radius 1 is 1.35 bits per heavy atom. The van der Waals surface area contributed by atoms with Gasteiger partial charge in [0.1, 0.15) is 13.6 Å². The van der Waals surface area contributed by atoms with Crippen LogP contribution in [-0.4, -0.2) is 24.3 Å². The van der Waals surface area contributed by atoms with Crippen LogP contribution in [0.15, 0.2) is 34.5 Å². The summed E-state index contributed by atoms with van der Waals surface area (Å²) in [5.74, 6) is 5.53. The van der Waals surface area contributed by atoms with Gasteiger partial charge in [-0.25, -0.2) is 0 Å². The van der Waals surface area contributed by atoms with E-state index in [0.717, 1.165) is 17.5 Å². The van der Waals surface area contributed by atoms with Gasteiger partial charge in [0.15, 0.2) is 0 Å². The van der Waals surface area contributed by atoms with Gasteiger partial charge < -0.3 is 5.11 Å². The van der Waals surface area contributed by atoms with Crippen LogP contribution in [0.3, 0.4) is 0 Å². The topological polar surface area (TPSA) is 83.0 Å². The van der Waals surface area contributed by atoms with Crippen molar-refractivity contribution in [3.8, 4) is 5.75 Å². The molecule has 0 aromatic heterocycles. The van der Waals surface area contributed by atoms with Crippen molar-refractivity contribution in [2.75, 3.05) is 0 Å². The van der Waals surface area contributed by atoms with Crippen molar-refractivity contribution in [3.05, 3.63) is 41.0 Å². The molecule has 2 rings (SSSR count). The van der Waals surface area contributed by atoms with Crippen LogP contribution in [0.2, 0.25) is 0 Å². The molecule has 1 aliphatic rings. The van der Waals surface area contributed by atoms with Crippen molar-refractivity contribution in [2.24, 2.45) is 16.0 Å². The van der Waals surface area contributed by atoms with E-state index in [-0.39, 0.29) is 5.75 Å². The van der Waals surface area contributed by atoms with Crippen LogP contribution in [0.5, 0.6) is 5.75 Å². The van der Waals surface area contributed by atoms with E-state index in [1.54, 1.807) is 12.1 Å². The van der Waals surface area contributed by atoms with E-state index in [1.807, 2.05) is 12.1 Å². The van der Waals surface area contributed by atoms with E-state index in [4.69, 9.17) is 13.7 Å². The predicted molar refractivity (Wildman–Crippen MR) is 82.0 cm³/mol. The molecule has 0 aliphatic carbocycles. The van der Waals surface area contributed by atoms with Gasteiger partial charge in [-0.05, 0) is 29.7 Å². The lowest BCUT2D eigenvalue weighted by Crippen LogP contribution is -2.21. The Morgan fingerprint density at radius 3 is 2.85 bits per heavy atom. The van der Waals surface area contributed by atoms with Crippen molar-refractivity contribution in [2.45, 2.75) is 26.3 Å². The molecule has 4 N–H and O–H groups in total. The number of phenols is 1. The van der Waals surface area contributed by atoms with E-state index < -0.39 is 0 Å². The highest BCUT2D eigenvalue weighted by Gasteiger charge is 2.13. The van der Waals surface area contributed by atoms with Gasteiger partial charge in [-0.15, -0.1) is 0 Å². The highest BCUT2D eigenvalue weighted by molar-refractivity contribution is 6.63. The third-order valence-corrected chi connectivity index (χ3v) is 3.19. The first-order valence-electron chi connectivity index (χ1n) is 6.50. The molecule has 1 aliphatic heterocycles. The highest BCUT2D eigenvalue weighted by atomic mass is 16.3. The monoisotopic (exact) mass is 268 g/mol. The molecule has 1 aromatic carbocycles. The maximum absolute atomic E-state index is 10.2. The molecule has 0 saturated heterocycles. The Bertz CT molecular complexity index is 593. The van der Waals surface area contributed by atoms with Gasteiger partial charge in [-0.1, -0.05) is 19.1 Å². The summed E-state index contributed by atoms with van der Waals surface area (Å²) in [7, 11) is 5.60. The average molecular weight is 268 g/mol. The minimum Gasteiger partial charge on any atom is -0.507 e. The number of aryl methyl sites for hydroxylation is 1. The summed E-state index contributed by atoms with van der Waals surface area (Å²) >= 11 is 0. The lowest BCUT2D eigenvalue weighted by molar-refractivity contribution is 0.472. The molecule has 0 unspecified atom stereocenters. The Labute approximate surface area is 119 Å². The highest BCUT2D eigenvalue weighted by Crippen LogP contribution is 2.25. The molecular weight excluding hydrogens is 251 g/mol. The number of phenolic OH excluding ortho intramolecular Hbond substituents is 1. The molecule has 1 aromatic rings. The minimum absolute atomic E-state index is 0.176. The van der Waals surface area contributed by atoms with Crippen molar-refractivity contribution < 1.29 is 5.11 Å². The van der Waals surface area contributed by atoms with Crippen molar-refractivity contribution >= 4 is 19.2 Å². The number of aromatic hydroxyl groups is 1. The van der Waals surface area contributed by atoms with E-state index in [1.165, 1.54) is 0 Å². The van der Waals surface area contributed by atoms with E-state index in [9.17, 15) is 5.11 Å². The number of nitrogens with one attached hydrogen (secondary N) is 1. The number of allylic oxidation sites excluding steroid dienone is 2. The van der Waals surface area contributed by atoms with Gasteiger partial charge in [0.2, 0.25) is 0 Å². The van der Waals surface area contributed by atoms with Crippen LogP contribution < -0.4 is 11.3 Å². The standard InChI is InChI=1S/C14H17BN4O/c1-2-9-6-11(13(20)7-10(9)8-17-16)12-4-3-5-14(15)19-18-12/h3,5-7,17,20H,2,4,8,16H2,1H3. The molecule has 2 radical (unpaired) electrons. The molecule has 5 nitrogen and oxygen atoms in total. The summed E-state index contributed by atoms with van der Waals surface area (Å²) < 4.78 is 0. The Morgan fingerprint density at radius 2 is 2.15 bits per heavy atom. The van der Waals surface area contributed by atoms with Gasteiger partial charge >= 0.3 is 0 Å². The number of hydrogen-bond donors (Lipinski definition) is 3. The minimum atomic E-state index is 0.176. The lowest BCUT2D eigenvalue weighted by atomic mass is 9.96. The first-order chi connectivity index (χ1) is 9.65. The lowest BCUT2D eigenvalue weighted by Gasteiger charge is -2.12. The molecule has 20 heavy (non-hydrogen) atoms. The van der Waals surface area contributed by atoms with Gasteiger partial charge in [0.25, 0.3) is 0 Å². The third-order valence-electron chi connectivity index (χ3n) is 3.19. The fourth-order valence-corrected chi connectivity index (χ4v) is 2.16. The number of hydrogen-bond acceptors (Lipinski definition) is 5. The molecule has 102 valence electrons. The van der Waals surface area contributed by atoms with E-state index in [0.29, 0.717) is 29.9 Å². The molecule has 0 saturated carbocycles. The summed E-state index contributed by atoms with van der Waals surface area (Å²) in [5.41, 5.74) is 6.44. The van der Waals surface area contributed by atoms with Gasteiger partial charge in [-0.2, -0.15) is 10.2 Å². The normalized spacial score (nSPS) is 14.7. The van der Waals surface area contributed by atoms with Gasteiger partial charge in [-0.3, -0.25) is 11.3 Å².